The van der Waals surface area contributed by atoms with E-state index in [0.717, 1.165) is 12.1 Å². The third kappa shape index (κ3) is 5.02. The minimum atomic E-state index is -4.48. The molecule has 0 saturated carbocycles. The molecule has 0 aromatic heterocycles. The van der Waals surface area contributed by atoms with Gasteiger partial charge in [0, 0.05) is 13.1 Å². The lowest BCUT2D eigenvalue weighted by atomic mass is 10.1. The van der Waals surface area contributed by atoms with Gasteiger partial charge in [-0.2, -0.15) is 18.4 Å². The van der Waals surface area contributed by atoms with Crippen molar-refractivity contribution in [2.75, 3.05) is 18.0 Å². The van der Waals surface area contributed by atoms with Crippen molar-refractivity contribution in [3.63, 3.8) is 0 Å². The molecule has 1 heterocycles. The van der Waals surface area contributed by atoms with Crippen molar-refractivity contribution in [2.24, 2.45) is 0 Å². The van der Waals surface area contributed by atoms with Crippen LogP contribution in [0.5, 0.6) is 0 Å². The Bertz CT molecular complexity index is 690. The second kappa shape index (κ2) is 6.82. The maximum atomic E-state index is 12.9. The first-order valence-corrected chi connectivity index (χ1v) is 7.85. The highest BCUT2D eigenvalue weighted by molar-refractivity contribution is 5.69. The maximum Gasteiger partial charge on any atom is 0.416 e. The van der Waals surface area contributed by atoms with Gasteiger partial charge in [0.1, 0.15) is 11.7 Å². The molecule has 5 nitrogen and oxygen atoms in total. The molecule has 0 bridgehead atoms. The number of benzene rings is 1. The van der Waals surface area contributed by atoms with E-state index in [1.807, 2.05) is 6.07 Å². The fourth-order valence-electron chi connectivity index (χ4n) is 2.64. The summed E-state index contributed by atoms with van der Waals surface area (Å²) in [6.07, 6.45) is -4.49. The number of anilines is 1. The predicted molar refractivity (Wildman–Crippen MR) is 86.1 cm³/mol. The third-order valence-electron chi connectivity index (χ3n) is 3.70. The molecule has 1 fully saturated rings. The zero-order valence-electron chi connectivity index (χ0n) is 14.3. The Morgan fingerprint density at radius 2 is 2.04 bits per heavy atom. The highest BCUT2D eigenvalue weighted by Crippen LogP contribution is 2.34. The highest BCUT2D eigenvalue weighted by atomic mass is 19.4. The predicted octanol–water partition coefficient (Wildman–Crippen LogP) is 3.68. The molecule has 2 rings (SSSR count). The molecule has 136 valence electrons. The van der Waals surface area contributed by atoms with Gasteiger partial charge in [0.2, 0.25) is 0 Å². The Balaban J connectivity index is 2.11. The first kappa shape index (κ1) is 18.9. The number of rotatable bonds is 2. The number of carbonyl (C=O) groups excluding carboxylic acids is 1. The molecule has 0 radical (unpaired) electrons. The van der Waals surface area contributed by atoms with Gasteiger partial charge in [0.15, 0.2) is 0 Å². The fourth-order valence-corrected chi connectivity index (χ4v) is 2.64. The molecule has 1 aliphatic heterocycles. The SMILES string of the molecule is CC(C)(C)OC(=O)NC1CCN(c2cc(C(F)(F)F)ccc2C#N)C1. The Morgan fingerprint density at radius 1 is 1.36 bits per heavy atom. The van der Waals surface area contributed by atoms with Gasteiger partial charge in [-0.15, -0.1) is 0 Å². The molecular formula is C17H20F3N3O2. The molecule has 1 saturated heterocycles. The van der Waals surface area contributed by atoms with Gasteiger partial charge < -0.3 is 15.0 Å². The van der Waals surface area contributed by atoms with Gasteiger partial charge in [-0.1, -0.05) is 0 Å². The number of nitrogens with zero attached hydrogens (tertiary/aromatic N) is 2. The van der Waals surface area contributed by atoms with E-state index in [2.05, 4.69) is 5.32 Å². The third-order valence-corrected chi connectivity index (χ3v) is 3.70. The minimum absolute atomic E-state index is 0.172. The summed E-state index contributed by atoms with van der Waals surface area (Å²) in [5, 5.41) is 11.9. The van der Waals surface area contributed by atoms with Crippen molar-refractivity contribution in [3.8, 4) is 6.07 Å². The van der Waals surface area contributed by atoms with E-state index in [9.17, 15) is 18.0 Å². The fraction of sp³-hybridized carbons (Fsp3) is 0.529. The van der Waals surface area contributed by atoms with Crippen molar-refractivity contribution in [1.82, 2.24) is 5.32 Å². The van der Waals surface area contributed by atoms with Gasteiger partial charge in [-0.25, -0.2) is 4.79 Å². The highest BCUT2D eigenvalue weighted by Gasteiger charge is 2.33. The van der Waals surface area contributed by atoms with E-state index in [1.165, 1.54) is 6.07 Å². The molecule has 25 heavy (non-hydrogen) atoms. The number of alkyl halides is 3. The van der Waals surface area contributed by atoms with Crippen LogP contribution in [0.4, 0.5) is 23.7 Å². The zero-order chi connectivity index (χ0) is 18.8. The van der Waals surface area contributed by atoms with Crippen LogP contribution in [0.1, 0.15) is 38.3 Å². The molecule has 1 N–H and O–H groups in total. The standard InChI is InChI=1S/C17H20F3N3O2/c1-16(2,3)25-15(24)22-13-6-7-23(10-13)14-8-12(17(18,19)20)5-4-11(14)9-21/h4-5,8,13H,6-7,10H2,1-3H3,(H,22,24). The van der Waals surface area contributed by atoms with Gasteiger partial charge in [0.05, 0.1) is 22.9 Å². The van der Waals surface area contributed by atoms with Crippen LogP contribution in [0.15, 0.2) is 18.2 Å². The summed E-state index contributed by atoms with van der Waals surface area (Å²) in [6, 6.07) is 4.71. The number of carbonyl (C=O) groups is 1. The first-order chi connectivity index (χ1) is 11.5. The van der Waals surface area contributed by atoms with E-state index in [0.29, 0.717) is 19.5 Å². The number of hydrogen-bond donors (Lipinski definition) is 1. The van der Waals surface area contributed by atoms with Crippen LogP contribution in [0.3, 0.4) is 0 Å². The molecule has 1 atom stereocenters. The van der Waals surface area contributed by atoms with Crippen LogP contribution in [0, 0.1) is 11.3 Å². The maximum absolute atomic E-state index is 12.9. The first-order valence-electron chi connectivity index (χ1n) is 7.85. The molecule has 1 amide bonds. The van der Waals surface area contributed by atoms with Crippen LogP contribution in [0.2, 0.25) is 0 Å². The molecule has 1 unspecified atom stereocenters. The van der Waals surface area contributed by atoms with Gasteiger partial charge in [0.25, 0.3) is 0 Å². The Labute approximate surface area is 144 Å². The molecule has 1 aromatic carbocycles. The number of hydrogen-bond acceptors (Lipinski definition) is 4. The van der Waals surface area contributed by atoms with E-state index in [1.54, 1.807) is 25.7 Å². The Hall–Kier alpha value is -2.43. The summed E-state index contributed by atoms with van der Waals surface area (Å²) in [5.74, 6) is 0. The number of ether oxygens (including phenoxy) is 1. The number of nitriles is 1. The minimum Gasteiger partial charge on any atom is -0.444 e. The lowest BCUT2D eigenvalue weighted by Crippen LogP contribution is -2.40. The second-order valence-corrected chi connectivity index (χ2v) is 6.92. The summed E-state index contributed by atoms with van der Waals surface area (Å²) in [4.78, 5) is 13.5. The number of nitrogens with one attached hydrogen (secondary N) is 1. The monoisotopic (exact) mass is 355 g/mol. The quantitative estimate of drug-likeness (QED) is 0.879. The van der Waals surface area contributed by atoms with Crippen molar-refractivity contribution in [2.45, 2.75) is 45.0 Å². The molecule has 8 heteroatoms. The summed E-state index contributed by atoms with van der Waals surface area (Å²) in [5.41, 5.74) is -1.03. The van der Waals surface area contributed by atoms with E-state index in [-0.39, 0.29) is 17.3 Å². The molecular weight excluding hydrogens is 335 g/mol. The number of halogens is 3. The molecule has 1 aromatic rings. The molecule has 0 aliphatic carbocycles. The average Bonchev–Trinajstić information content (AvgIpc) is 2.91. The Morgan fingerprint density at radius 3 is 2.60 bits per heavy atom. The smallest absolute Gasteiger partial charge is 0.416 e. The Kier molecular flexibility index (Phi) is 5.16. The van der Waals surface area contributed by atoms with Crippen LogP contribution < -0.4 is 10.2 Å². The van der Waals surface area contributed by atoms with Gasteiger partial charge in [-0.05, 0) is 45.4 Å². The van der Waals surface area contributed by atoms with Gasteiger partial charge in [-0.3, -0.25) is 0 Å². The lowest BCUT2D eigenvalue weighted by Gasteiger charge is -2.23. The van der Waals surface area contributed by atoms with Crippen LogP contribution in [-0.4, -0.2) is 30.8 Å². The van der Waals surface area contributed by atoms with Crippen molar-refractivity contribution in [1.29, 1.82) is 5.26 Å². The van der Waals surface area contributed by atoms with Crippen LogP contribution in [0.25, 0.3) is 0 Å². The van der Waals surface area contributed by atoms with Crippen molar-refractivity contribution >= 4 is 11.8 Å². The molecule has 1 aliphatic rings. The largest absolute Gasteiger partial charge is 0.444 e. The second-order valence-electron chi connectivity index (χ2n) is 6.92. The summed E-state index contributed by atoms with van der Waals surface area (Å²) >= 11 is 0. The van der Waals surface area contributed by atoms with E-state index < -0.39 is 23.4 Å². The van der Waals surface area contributed by atoms with Gasteiger partial charge >= 0.3 is 12.3 Å². The van der Waals surface area contributed by atoms with Crippen LogP contribution >= 0.6 is 0 Å². The van der Waals surface area contributed by atoms with Crippen molar-refractivity contribution < 1.29 is 22.7 Å². The normalized spacial score (nSPS) is 18.0. The summed E-state index contributed by atoms with van der Waals surface area (Å²) < 4.78 is 43.9. The molecule has 0 spiro atoms. The summed E-state index contributed by atoms with van der Waals surface area (Å²) in [7, 11) is 0. The topological polar surface area (TPSA) is 65.4 Å². The van der Waals surface area contributed by atoms with E-state index in [4.69, 9.17) is 10.00 Å². The zero-order valence-corrected chi connectivity index (χ0v) is 14.3. The average molecular weight is 355 g/mol. The van der Waals surface area contributed by atoms with E-state index >= 15 is 0 Å². The van der Waals surface area contributed by atoms with Crippen LogP contribution in [-0.2, 0) is 10.9 Å². The van der Waals surface area contributed by atoms with Crippen molar-refractivity contribution in [3.05, 3.63) is 29.3 Å². The number of alkyl carbamates (subject to hydrolysis) is 1. The summed E-state index contributed by atoms with van der Waals surface area (Å²) in [6.45, 7) is 5.99. The lowest BCUT2D eigenvalue weighted by molar-refractivity contribution is -0.137. The number of amides is 1.